The van der Waals surface area contributed by atoms with Gasteiger partial charge < -0.3 is 29.3 Å². The number of ether oxygens (including phenoxy) is 3. The molecule has 1 N–H and O–H groups in total. The number of likely N-dealkylation sites (N-methyl/N-ethyl adjacent to an activating group) is 1. The van der Waals surface area contributed by atoms with Crippen LogP contribution in [0, 0.1) is 0 Å². The number of hydrogen-bond donors (Lipinski definition) is 1. The predicted octanol–water partition coefficient (Wildman–Crippen LogP) is 3.29. The Morgan fingerprint density at radius 1 is 0.950 bits per heavy atom. The van der Waals surface area contributed by atoms with Crippen molar-refractivity contribution < 1.29 is 14.2 Å². The highest BCUT2D eigenvalue weighted by molar-refractivity contribution is 5.89. The van der Waals surface area contributed by atoms with Gasteiger partial charge in [-0.3, -0.25) is 4.90 Å². The molecular formula is C30H41N7O3. The third kappa shape index (κ3) is 6.92. The molecule has 1 aliphatic carbocycles. The van der Waals surface area contributed by atoms with Crippen LogP contribution in [-0.4, -0.2) is 110 Å². The first-order valence-corrected chi connectivity index (χ1v) is 14.7. The van der Waals surface area contributed by atoms with E-state index in [0.717, 1.165) is 113 Å². The summed E-state index contributed by atoms with van der Waals surface area (Å²) in [5.41, 5.74) is 0. The molecule has 0 bridgehead atoms. The number of rotatable bonds is 9. The number of hydrogen-bond acceptors (Lipinski definition) is 10. The highest BCUT2D eigenvalue weighted by Gasteiger charge is 2.25. The maximum absolute atomic E-state index is 6.55. The van der Waals surface area contributed by atoms with Gasteiger partial charge in [-0.15, -0.1) is 0 Å². The Hall–Kier alpha value is -3.21. The number of anilines is 2. The van der Waals surface area contributed by atoms with Crippen LogP contribution in [0.4, 0.5) is 11.8 Å². The van der Waals surface area contributed by atoms with Gasteiger partial charge >= 0.3 is 0 Å². The van der Waals surface area contributed by atoms with E-state index in [1.807, 2.05) is 0 Å². The van der Waals surface area contributed by atoms with Gasteiger partial charge in [-0.2, -0.15) is 4.98 Å². The normalized spacial score (nSPS) is 22.8. The molecule has 0 amide bonds. The Labute approximate surface area is 236 Å². The third-order valence-corrected chi connectivity index (χ3v) is 8.21. The monoisotopic (exact) mass is 547 g/mol. The van der Waals surface area contributed by atoms with E-state index in [-0.39, 0.29) is 6.10 Å². The van der Waals surface area contributed by atoms with E-state index in [2.05, 4.69) is 67.4 Å². The van der Waals surface area contributed by atoms with Gasteiger partial charge in [0.2, 0.25) is 11.8 Å². The van der Waals surface area contributed by atoms with E-state index in [0.29, 0.717) is 18.6 Å². The number of aromatic nitrogens is 3. The van der Waals surface area contributed by atoms with Crippen molar-refractivity contribution in [2.45, 2.75) is 37.8 Å². The first-order valence-electron chi connectivity index (χ1n) is 14.7. The van der Waals surface area contributed by atoms with Crippen LogP contribution in [0.5, 0.6) is 11.6 Å². The second-order valence-electron chi connectivity index (χ2n) is 11.1. The van der Waals surface area contributed by atoms with Crippen LogP contribution < -0.4 is 19.7 Å². The molecule has 2 aromatic heterocycles. The topological polar surface area (TPSA) is 88.1 Å². The van der Waals surface area contributed by atoms with Crippen LogP contribution in [0.15, 0.2) is 42.7 Å². The molecule has 10 nitrogen and oxygen atoms in total. The predicted molar refractivity (Wildman–Crippen MR) is 157 cm³/mol. The van der Waals surface area contributed by atoms with Crippen LogP contribution in [-0.2, 0) is 4.74 Å². The summed E-state index contributed by atoms with van der Waals surface area (Å²) < 4.78 is 18.0. The molecule has 214 valence electrons. The minimum atomic E-state index is 0.144. The molecule has 2 saturated heterocycles. The summed E-state index contributed by atoms with van der Waals surface area (Å²) >= 11 is 0. The van der Waals surface area contributed by atoms with Gasteiger partial charge in [0.15, 0.2) is 5.75 Å². The van der Waals surface area contributed by atoms with E-state index in [9.17, 15) is 0 Å². The van der Waals surface area contributed by atoms with E-state index in [1.54, 1.807) is 12.4 Å². The maximum Gasteiger partial charge on any atom is 0.223 e. The Bertz CT molecular complexity index is 1220. The fraction of sp³-hybridized carbons (Fsp3) is 0.567. The number of benzene rings is 1. The second kappa shape index (κ2) is 13.0. The minimum absolute atomic E-state index is 0.144. The highest BCUT2D eigenvalue weighted by atomic mass is 16.5. The van der Waals surface area contributed by atoms with Gasteiger partial charge in [0.05, 0.1) is 25.6 Å². The van der Waals surface area contributed by atoms with Crippen molar-refractivity contribution in [2.75, 3.05) is 82.9 Å². The fourth-order valence-corrected chi connectivity index (χ4v) is 5.69. The van der Waals surface area contributed by atoms with Crippen molar-refractivity contribution in [3.05, 3.63) is 42.7 Å². The Balaban J connectivity index is 0.983. The molecule has 3 aliphatic rings. The molecule has 2 aliphatic heterocycles. The molecule has 40 heavy (non-hydrogen) atoms. The van der Waals surface area contributed by atoms with Crippen LogP contribution >= 0.6 is 0 Å². The van der Waals surface area contributed by atoms with Crippen molar-refractivity contribution in [1.82, 2.24) is 24.8 Å². The summed E-state index contributed by atoms with van der Waals surface area (Å²) in [5, 5.41) is 5.73. The molecule has 0 radical (unpaired) electrons. The Morgan fingerprint density at radius 2 is 1.70 bits per heavy atom. The molecule has 0 spiro atoms. The van der Waals surface area contributed by atoms with E-state index >= 15 is 0 Å². The standard InChI is InChI=1S/C30H41N7O3/c1-35-10-12-36(13-11-35)14-19-39-26-21-31-30(32-22-26)33-24-6-8-25(9-7-24)40-29-27-5-3-2-4-23(27)20-28(34-29)37-15-17-38-18-16-37/h2-5,20-22,24-25H,6-19H2,1H3,(H,31,32,33)/t24-,25+. The van der Waals surface area contributed by atoms with Crippen LogP contribution in [0.2, 0.25) is 0 Å². The number of fused-ring (bicyclic) bond motifs is 1. The second-order valence-corrected chi connectivity index (χ2v) is 11.1. The van der Waals surface area contributed by atoms with Gasteiger partial charge in [-0.25, -0.2) is 9.97 Å². The molecule has 0 atom stereocenters. The fourth-order valence-electron chi connectivity index (χ4n) is 5.69. The molecule has 1 aromatic carbocycles. The third-order valence-electron chi connectivity index (χ3n) is 8.21. The summed E-state index contributed by atoms with van der Waals surface area (Å²) in [5.74, 6) is 3.08. The SMILES string of the molecule is CN1CCN(CCOc2cnc(N[C@H]3CC[C@@H](Oc4nc(N5CCOCC5)cc5ccccc45)CC3)nc2)CC1. The lowest BCUT2D eigenvalue weighted by atomic mass is 9.93. The van der Waals surface area contributed by atoms with Gasteiger partial charge in [-0.1, -0.05) is 18.2 Å². The van der Waals surface area contributed by atoms with Crippen LogP contribution in [0.1, 0.15) is 25.7 Å². The molecule has 10 heteroatoms. The number of nitrogens with one attached hydrogen (secondary N) is 1. The zero-order valence-corrected chi connectivity index (χ0v) is 23.5. The van der Waals surface area contributed by atoms with E-state index in [4.69, 9.17) is 19.2 Å². The molecule has 6 rings (SSSR count). The zero-order valence-electron chi connectivity index (χ0n) is 23.5. The molecule has 3 aromatic rings. The van der Waals surface area contributed by atoms with Gasteiger partial charge in [-0.05, 0) is 50.2 Å². The first kappa shape index (κ1) is 27.0. The van der Waals surface area contributed by atoms with Gasteiger partial charge in [0, 0.05) is 57.2 Å². The van der Waals surface area contributed by atoms with Crippen LogP contribution in [0.25, 0.3) is 10.8 Å². The number of morpholine rings is 1. The molecule has 3 fully saturated rings. The lowest BCUT2D eigenvalue weighted by Gasteiger charge is -2.32. The van der Waals surface area contributed by atoms with Gasteiger partial charge in [0.1, 0.15) is 18.5 Å². The van der Waals surface area contributed by atoms with Crippen molar-refractivity contribution in [1.29, 1.82) is 0 Å². The smallest absolute Gasteiger partial charge is 0.223 e. The number of piperazine rings is 1. The van der Waals surface area contributed by atoms with E-state index in [1.165, 1.54) is 0 Å². The minimum Gasteiger partial charge on any atom is -0.489 e. The quantitative estimate of drug-likeness (QED) is 0.431. The molecular weight excluding hydrogens is 506 g/mol. The Morgan fingerprint density at radius 3 is 2.48 bits per heavy atom. The average Bonchev–Trinajstić information content (AvgIpc) is 3.00. The van der Waals surface area contributed by atoms with Crippen molar-refractivity contribution >= 4 is 22.5 Å². The highest BCUT2D eigenvalue weighted by Crippen LogP contribution is 2.32. The molecule has 1 saturated carbocycles. The summed E-state index contributed by atoms with van der Waals surface area (Å²) in [4.78, 5) is 21.1. The lowest BCUT2D eigenvalue weighted by Crippen LogP contribution is -2.45. The number of nitrogens with zero attached hydrogens (tertiary/aromatic N) is 6. The maximum atomic E-state index is 6.55. The van der Waals surface area contributed by atoms with Crippen molar-refractivity contribution in [3.63, 3.8) is 0 Å². The zero-order chi connectivity index (χ0) is 27.1. The first-order chi connectivity index (χ1) is 19.7. The number of pyridine rings is 1. The van der Waals surface area contributed by atoms with Gasteiger partial charge in [0.25, 0.3) is 0 Å². The summed E-state index contributed by atoms with van der Waals surface area (Å²) in [6, 6.07) is 10.9. The Kier molecular flexibility index (Phi) is 8.75. The van der Waals surface area contributed by atoms with E-state index < -0.39 is 0 Å². The summed E-state index contributed by atoms with van der Waals surface area (Å²) in [7, 11) is 2.17. The molecule has 4 heterocycles. The summed E-state index contributed by atoms with van der Waals surface area (Å²) in [6.45, 7) is 9.20. The lowest BCUT2D eigenvalue weighted by molar-refractivity contribution is 0.122. The van der Waals surface area contributed by atoms with Crippen molar-refractivity contribution in [3.8, 4) is 11.6 Å². The largest absolute Gasteiger partial charge is 0.489 e. The molecule has 0 unspecified atom stereocenters. The summed E-state index contributed by atoms with van der Waals surface area (Å²) in [6.07, 6.45) is 7.60. The van der Waals surface area contributed by atoms with Crippen LogP contribution in [0.3, 0.4) is 0 Å². The average molecular weight is 548 g/mol. The van der Waals surface area contributed by atoms with Crippen molar-refractivity contribution in [2.24, 2.45) is 0 Å².